The molecule has 1 saturated heterocycles. The Bertz CT molecular complexity index is 971. The molecular formula is C24H24N2. The molecule has 1 fully saturated rings. The average molecular weight is 340 g/mol. The second kappa shape index (κ2) is 6.62. The summed E-state index contributed by atoms with van der Waals surface area (Å²) in [7, 11) is 0. The van der Waals surface area contributed by atoms with E-state index in [9.17, 15) is 0 Å². The molecule has 0 unspecified atom stereocenters. The quantitative estimate of drug-likeness (QED) is 0.469. The Morgan fingerprint density at radius 2 is 1.19 bits per heavy atom. The number of hydrogen-bond donors (Lipinski definition) is 0. The average Bonchev–Trinajstić information content (AvgIpc) is 3.04. The van der Waals surface area contributed by atoms with Crippen molar-refractivity contribution in [3.63, 3.8) is 0 Å². The minimum Gasteiger partial charge on any atom is -0.337 e. The van der Waals surface area contributed by atoms with E-state index >= 15 is 0 Å². The minimum absolute atomic E-state index is 0.590. The van der Waals surface area contributed by atoms with Gasteiger partial charge in [0, 0.05) is 47.5 Å². The van der Waals surface area contributed by atoms with Gasteiger partial charge in [0.15, 0.2) is 0 Å². The second-order valence-corrected chi connectivity index (χ2v) is 7.40. The lowest BCUT2D eigenvalue weighted by Gasteiger charge is -2.33. The zero-order valence-corrected chi connectivity index (χ0v) is 15.0. The van der Waals surface area contributed by atoms with Crippen LogP contribution >= 0.6 is 0 Å². The van der Waals surface area contributed by atoms with Crippen molar-refractivity contribution >= 4 is 21.8 Å². The molecule has 2 nitrogen and oxygen atoms in total. The van der Waals surface area contributed by atoms with Gasteiger partial charge in [-0.3, -0.25) is 4.90 Å². The first-order valence-electron chi connectivity index (χ1n) is 9.64. The van der Waals surface area contributed by atoms with Crippen LogP contribution in [0.5, 0.6) is 0 Å². The maximum Gasteiger partial charge on any atom is 0.0494 e. The number of aromatic nitrogens is 1. The van der Waals surface area contributed by atoms with Gasteiger partial charge in [0.1, 0.15) is 0 Å². The highest BCUT2D eigenvalue weighted by atomic mass is 15.2. The Hall–Kier alpha value is -2.58. The topological polar surface area (TPSA) is 8.17 Å². The van der Waals surface area contributed by atoms with E-state index in [0.717, 1.165) is 6.54 Å². The van der Waals surface area contributed by atoms with Crippen molar-refractivity contribution < 1.29 is 0 Å². The molecule has 2 heteroatoms. The zero-order chi connectivity index (χ0) is 17.3. The third-order valence-electron chi connectivity index (χ3n) is 5.79. The Kier molecular flexibility index (Phi) is 3.99. The third-order valence-corrected chi connectivity index (χ3v) is 5.79. The molecule has 0 bridgehead atoms. The third kappa shape index (κ3) is 2.71. The van der Waals surface area contributed by atoms with Crippen LogP contribution in [0.1, 0.15) is 24.4 Å². The van der Waals surface area contributed by atoms with E-state index in [-0.39, 0.29) is 0 Å². The molecule has 4 aromatic rings. The lowest BCUT2D eigenvalue weighted by atomic mass is 10.0. The second-order valence-electron chi connectivity index (χ2n) is 7.40. The van der Waals surface area contributed by atoms with Gasteiger partial charge >= 0.3 is 0 Å². The van der Waals surface area contributed by atoms with Crippen LogP contribution in [0.15, 0.2) is 78.9 Å². The summed E-state index contributed by atoms with van der Waals surface area (Å²) in [4.78, 5) is 2.60. The van der Waals surface area contributed by atoms with Crippen LogP contribution in [0.3, 0.4) is 0 Å². The van der Waals surface area contributed by atoms with Gasteiger partial charge in [-0.1, -0.05) is 66.7 Å². The molecule has 130 valence electrons. The van der Waals surface area contributed by atoms with Crippen molar-refractivity contribution in [2.24, 2.45) is 0 Å². The first kappa shape index (κ1) is 15.7. The van der Waals surface area contributed by atoms with Gasteiger partial charge in [-0.15, -0.1) is 0 Å². The van der Waals surface area contributed by atoms with Crippen LogP contribution in [0.4, 0.5) is 0 Å². The number of nitrogens with zero attached hydrogens (tertiary/aromatic N) is 2. The highest BCUT2D eigenvalue weighted by Crippen LogP contribution is 2.35. The van der Waals surface area contributed by atoms with Gasteiger partial charge in [-0.25, -0.2) is 0 Å². The molecule has 2 heterocycles. The monoisotopic (exact) mass is 340 g/mol. The number of likely N-dealkylation sites (tertiary alicyclic amines) is 1. The first-order valence-corrected chi connectivity index (χ1v) is 9.64. The summed E-state index contributed by atoms with van der Waals surface area (Å²) in [6.45, 7) is 3.40. The van der Waals surface area contributed by atoms with Gasteiger partial charge in [0.2, 0.25) is 0 Å². The van der Waals surface area contributed by atoms with E-state index in [0.29, 0.717) is 6.04 Å². The van der Waals surface area contributed by atoms with Crippen molar-refractivity contribution in [3.8, 4) is 0 Å². The van der Waals surface area contributed by atoms with E-state index < -0.39 is 0 Å². The van der Waals surface area contributed by atoms with Gasteiger partial charge in [-0.2, -0.15) is 0 Å². The van der Waals surface area contributed by atoms with E-state index in [1.807, 2.05) is 0 Å². The Morgan fingerprint density at radius 1 is 0.654 bits per heavy atom. The normalized spacial score (nSPS) is 16.5. The SMILES string of the molecule is c1ccc(CN2CCC(n3c4ccccc4c4ccccc43)CC2)cc1. The van der Waals surface area contributed by atoms with Crippen LogP contribution in [0.2, 0.25) is 0 Å². The smallest absolute Gasteiger partial charge is 0.0494 e. The summed E-state index contributed by atoms with van der Waals surface area (Å²) in [6, 6.07) is 29.2. The Morgan fingerprint density at radius 3 is 1.81 bits per heavy atom. The van der Waals surface area contributed by atoms with Crippen LogP contribution in [-0.2, 0) is 6.54 Å². The van der Waals surface area contributed by atoms with E-state index in [1.54, 1.807) is 0 Å². The van der Waals surface area contributed by atoms with Gasteiger partial charge in [0.25, 0.3) is 0 Å². The molecule has 0 aliphatic carbocycles. The van der Waals surface area contributed by atoms with Crippen molar-refractivity contribution in [3.05, 3.63) is 84.4 Å². The highest BCUT2D eigenvalue weighted by molar-refractivity contribution is 6.08. The first-order chi connectivity index (χ1) is 12.9. The largest absolute Gasteiger partial charge is 0.337 e. The molecule has 5 rings (SSSR count). The van der Waals surface area contributed by atoms with Crippen LogP contribution in [0, 0.1) is 0 Å². The molecule has 0 saturated carbocycles. The number of fused-ring (bicyclic) bond motifs is 3. The molecule has 3 aromatic carbocycles. The molecule has 0 atom stereocenters. The van der Waals surface area contributed by atoms with Crippen LogP contribution in [0.25, 0.3) is 21.8 Å². The molecule has 1 aliphatic heterocycles. The molecule has 26 heavy (non-hydrogen) atoms. The standard InChI is InChI=1S/C24H24N2/c1-2-8-19(9-3-1)18-25-16-14-20(15-17-25)26-23-12-6-4-10-21(23)22-11-5-7-13-24(22)26/h1-13,20H,14-18H2. The van der Waals surface area contributed by atoms with Crippen molar-refractivity contribution in [1.82, 2.24) is 9.47 Å². The fourth-order valence-electron chi connectivity index (χ4n) is 4.52. The maximum atomic E-state index is 2.60. The fourth-order valence-corrected chi connectivity index (χ4v) is 4.52. The summed E-state index contributed by atoms with van der Waals surface area (Å²) in [5.74, 6) is 0. The molecular weight excluding hydrogens is 316 g/mol. The van der Waals surface area contributed by atoms with E-state index in [1.165, 1.54) is 53.3 Å². The summed E-state index contributed by atoms with van der Waals surface area (Å²) in [6.07, 6.45) is 2.44. The molecule has 1 aliphatic rings. The Labute approximate surface area is 154 Å². The van der Waals surface area contributed by atoms with Crippen LogP contribution < -0.4 is 0 Å². The molecule has 0 amide bonds. The van der Waals surface area contributed by atoms with E-state index in [4.69, 9.17) is 0 Å². The lowest BCUT2D eigenvalue weighted by Crippen LogP contribution is -2.34. The molecule has 0 spiro atoms. The number of piperidine rings is 1. The summed E-state index contributed by atoms with van der Waals surface area (Å²) < 4.78 is 2.60. The van der Waals surface area contributed by atoms with Crippen LogP contribution in [-0.4, -0.2) is 22.6 Å². The van der Waals surface area contributed by atoms with Crippen molar-refractivity contribution in [2.75, 3.05) is 13.1 Å². The maximum absolute atomic E-state index is 2.60. The molecule has 1 aromatic heterocycles. The number of rotatable bonds is 3. The van der Waals surface area contributed by atoms with Crippen molar-refractivity contribution in [2.45, 2.75) is 25.4 Å². The number of hydrogen-bond acceptors (Lipinski definition) is 1. The predicted octanol–water partition coefficient (Wildman–Crippen LogP) is 5.63. The minimum atomic E-state index is 0.590. The lowest BCUT2D eigenvalue weighted by molar-refractivity contribution is 0.183. The summed E-state index contributed by atoms with van der Waals surface area (Å²) >= 11 is 0. The predicted molar refractivity (Wildman–Crippen MR) is 109 cm³/mol. The van der Waals surface area contributed by atoms with E-state index in [2.05, 4.69) is 88.3 Å². The fraction of sp³-hybridized carbons (Fsp3) is 0.250. The summed E-state index contributed by atoms with van der Waals surface area (Å²) in [5, 5.41) is 2.77. The molecule has 0 radical (unpaired) electrons. The van der Waals surface area contributed by atoms with Crippen molar-refractivity contribution in [1.29, 1.82) is 0 Å². The van der Waals surface area contributed by atoms with Gasteiger partial charge < -0.3 is 4.57 Å². The molecule has 0 N–H and O–H groups in total. The zero-order valence-electron chi connectivity index (χ0n) is 15.0. The Balaban J connectivity index is 1.43. The van der Waals surface area contributed by atoms with Gasteiger partial charge in [-0.05, 0) is 30.5 Å². The van der Waals surface area contributed by atoms with Gasteiger partial charge in [0.05, 0.1) is 0 Å². The number of para-hydroxylation sites is 2. The summed E-state index contributed by atoms with van der Waals surface area (Å²) in [5.41, 5.74) is 4.19. The highest BCUT2D eigenvalue weighted by Gasteiger charge is 2.23. The number of benzene rings is 3.